The molecule has 0 atom stereocenters. The molecule has 1 aromatic heterocycles. The molecule has 2 fully saturated rings. The number of hydrogen-bond acceptors (Lipinski definition) is 4. The van der Waals surface area contributed by atoms with Gasteiger partial charge in [-0.25, -0.2) is 4.79 Å². The molecule has 1 aromatic rings. The number of likely N-dealkylation sites (tertiary alicyclic amines) is 1. The van der Waals surface area contributed by atoms with E-state index in [-0.39, 0.29) is 23.1 Å². The molecule has 0 aliphatic carbocycles. The molecular formula is C14H20N4O3. The Morgan fingerprint density at radius 2 is 1.71 bits per heavy atom. The summed E-state index contributed by atoms with van der Waals surface area (Å²) in [6.07, 6.45) is 2.18. The molecule has 3 rings (SSSR count). The van der Waals surface area contributed by atoms with Crippen LogP contribution >= 0.6 is 0 Å². The van der Waals surface area contributed by atoms with Crippen molar-refractivity contribution in [3.8, 4) is 0 Å². The summed E-state index contributed by atoms with van der Waals surface area (Å²) in [5, 5.41) is 0. The third kappa shape index (κ3) is 2.26. The zero-order valence-corrected chi connectivity index (χ0v) is 12.4. The Labute approximate surface area is 122 Å². The molecule has 0 saturated carbocycles. The second-order valence-corrected chi connectivity index (χ2v) is 5.88. The number of nitrogens with zero attached hydrogens (tertiary/aromatic N) is 4. The minimum atomic E-state index is -0.341. The molecule has 21 heavy (non-hydrogen) atoms. The van der Waals surface area contributed by atoms with Crippen LogP contribution in [-0.4, -0.2) is 46.1 Å². The fourth-order valence-corrected chi connectivity index (χ4v) is 3.04. The Kier molecular flexibility index (Phi) is 3.35. The molecule has 0 radical (unpaired) electrons. The van der Waals surface area contributed by atoms with E-state index >= 15 is 0 Å². The van der Waals surface area contributed by atoms with Crippen molar-refractivity contribution in [2.24, 2.45) is 20.0 Å². The summed E-state index contributed by atoms with van der Waals surface area (Å²) in [5.41, 5.74) is -0.658. The van der Waals surface area contributed by atoms with Gasteiger partial charge in [-0.3, -0.25) is 18.7 Å². The van der Waals surface area contributed by atoms with E-state index in [0.29, 0.717) is 18.9 Å². The Hall–Kier alpha value is -2.05. The van der Waals surface area contributed by atoms with Gasteiger partial charge in [0.25, 0.3) is 5.56 Å². The molecule has 0 bridgehead atoms. The molecule has 0 unspecified atom stereocenters. The van der Waals surface area contributed by atoms with E-state index in [1.54, 1.807) is 7.05 Å². The first-order valence-electron chi connectivity index (χ1n) is 7.30. The van der Waals surface area contributed by atoms with Crippen molar-refractivity contribution in [1.29, 1.82) is 0 Å². The van der Waals surface area contributed by atoms with Crippen LogP contribution in [0.3, 0.4) is 0 Å². The van der Waals surface area contributed by atoms with Crippen LogP contribution < -0.4 is 16.1 Å². The van der Waals surface area contributed by atoms with Gasteiger partial charge in [0.05, 0.1) is 5.92 Å². The first-order valence-corrected chi connectivity index (χ1v) is 7.30. The van der Waals surface area contributed by atoms with Gasteiger partial charge >= 0.3 is 5.69 Å². The highest BCUT2D eigenvalue weighted by molar-refractivity contribution is 5.82. The Balaban J connectivity index is 1.73. The molecule has 7 heteroatoms. The molecule has 0 spiro atoms. The van der Waals surface area contributed by atoms with E-state index in [1.807, 2.05) is 9.80 Å². The van der Waals surface area contributed by atoms with Gasteiger partial charge in [0.1, 0.15) is 5.82 Å². The maximum Gasteiger partial charge on any atom is 0.332 e. The third-order valence-corrected chi connectivity index (χ3v) is 4.47. The van der Waals surface area contributed by atoms with Gasteiger partial charge in [0.15, 0.2) is 0 Å². The highest BCUT2D eigenvalue weighted by atomic mass is 16.2. The Bertz CT molecular complexity index is 678. The lowest BCUT2D eigenvalue weighted by molar-refractivity contribution is -0.135. The zero-order valence-electron chi connectivity index (χ0n) is 12.4. The Morgan fingerprint density at radius 3 is 2.33 bits per heavy atom. The van der Waals surface area contributed by atoms with Crippen LogP contribution in [-0.2, 0) is 18.9 Å². The summed E-state index contributed by atoms with van der Waals surface area (Å²) in [5.74, 6) is 0.786. The van der Waals surface area contributed by atoms with Gasteiger partial charge in [-0.2, -0.15) is 0 Å². The highest BCUT2D eigenvalue weighted by Crippen LogP contribution is 2.25. The van der Waals surface area contributed by atoms with E-state index in [0.717, 1.165) is 30.5 Å². The number of aromatic nitrogens is 2. The number of carbonyl (C=O) groups is 1. The van der Waals surface area contributed by atoms with E-state index in [2.05, 4.69) is 0 Å². The minimum Gasteiger partial charge on any atom is -0.356 e. The summed E-state index contributed by atoms with van der Waals surface area (Å²) in [6, 6.07) is 1.46. The molecule has 0 aromatic carbocycles. The lowest BCUT2D eigenvalue weighted by Crippen LogP contribution is -2.56. The average Bonchev–Trinajstić information content (AvgIpc) is 2.94. The van der Waals surface area contributed by atoms with Gasteiger partial charge in [-0.15, -0.1) is 0 Å². The fraction of sp³-hybridized carbons (Fsp3) is 0.643. The van der Waals surface area contributed by atoms with E-state index in [9.17, 15) is 14.4 Å². The van der Waals surface area contributed by atoms with Crippen LogP contribution in [0.2, 0.25) is 0 Å². The number of amides is 1. The molecule has 2 saturated heterocycles. The first-order chi connectivity index (χ1) is 9.99. The normalized spacial score (nSPS) is 19.0. The molecular weight excluding hydrogens is 272 g/mol. The fourth-order valence-electron chi connectivity index (χ4n) is 3.04. The summed E-state index contributed by atoms with van der Waals surface area (Å²) < 4.78 is 2.54. The average molecular weight is 292 g/mol. The van der Waals surface area contributed by atoms with Gasteiger partial charge in [-0.05, 0) is 12.8 Å². The van der Waals surface area contributed by atoms with Crippen molar-refractivity contribution in [3.05, 3.63) is 26.9 Å². The van der Waals surface area contributed by atoms with Crippen molar-refractivity contribution < 1.29 is 4.79 Å². The van der Waals surface area contributed by atoms with Crippen LogP contribution in [0.25, 0.3) is 0 Å². The maximum absolute atomic E-state index is 12.2. The monoisotopic (exact) mass is 292 g/mol. The van der Waals surface area contributed by atoms with Gasteiger partial charge < -0.3 is 9.80 Å². The molecule has 114 valence electrons. The first kappa shape index (κ1) is 13.9. The largest absolute Gasteiger partial charge is 0.356 e. The summed E-state index contributed by atoms with van der Waals surface area (Å²) >= 11 is 0. The second kappa shape index (κ2) is 5.05. The second-order valence-electron chi connectivity index (χ2n) is 5.88. The Morgan fingerprint density at radius 1 is 1.10 bits per heavy atom. The van der Waals surface area contributed by atoms with Crippen LogP contribution in [0, 0.1) is 5.92 Å². The molecule has 2 aliphatic heterocycles. The van der Waals surface area contributed by atoms with Crippen LogP contribution in [0.5, 0.6) is 0 Å². The lowest BCUT2D eigenvalue weighted by Gasteiger charge is -2.41. The highest BCUT2D eigenvalue weighted by Gasteiger charge is 2.37. The number of hydrogen-bond donors (Lipinski definition) is 0. The molecule has 1 amide bonds. The molecule has 3 heterocycles. The van der Waals surface area contributed by atoms with Crippen molar-refractivity contribution in [2.45, 2.75) is 12.8 Å². The topological polar surface area (TPSA) is 67.6 Å². The van der Waals surface area contributed by atoms with Crippen LogP contribution in [0.15, 0.2) is 15.7 Å². The third-order valence-electron chi connectivity index (χ3n) is 4.47. The zero-order chi connectivity index (χ0) is 15.1. The quantitative estimate of drug-likeness (QED) is 0.711. The van der Waals surface area contributed by atoms with Crippen molar-refractivity contribution in [1.82, 2.24) is 14.0 Å². The summed E-state index contributed by atoms with van der Waals surface area (Å²) in [6.45, 7) is 2.88. The van der Waals surface area contributed by atoms with Crippen molar-refractivity contribution in [2.75, 3.05) is 31.1 Å². The van der Waals surface area contributed by atoms with Gasteiger partial charge in [0, 0.05) is 46.3 Å². The van der Waals surface area contributed by atoms with Crippen molar-refractivity contribution >= 4 is 11.7 Å². The van der Waals surface area contributed by atoms with Gasteiger partial charge in [0.2, 0.25) is 5.91 Å². The molecule has 7 nitrogen and oxygen atoms in total. The van der Waals surface area contributed by atoms with E-state index < -0.39 is 0 Å². The van der Waals surface area contributed by atoms with E-state index in [1.165, 1.54) is 17.7 Å². The number of rotatable bonds is 2. The smallest absolute Gasteiger partial charge is 0.332 e. The molecule has 2 aliphatic rings. The number of carbonyl (C=O) groups excluding carboxylic acids is 1. The van der Waals surface area contributed by atoms with Crippen molar-refractivity contribution in [3.63, 3.8) is 0 Å². The van der Waals surface area contributed by atoms with Crippen LogP contribution in [0.1, 0.15) is 12.8 Å². The van der Waals surface area contributed by atoms with Crippen LogP contribution in [0.4, 0.5) is 5.82 Å². The van der Waals surface area contributed by atoms with E-state index in [4.69, 9.17) is 0 Å². The standard InChI is InChI=1S/C14H20N4O3/c1-15-11(7-12(19)16(2)14(15)21)18-8-10(9-18)13(20)17-5-3-4-6-17/h7,10H,3-6,8-9H2,1-2H3. The predicted octanol–water partition coefficient (Wildman–Crippen LogP) is -0.857. The predicted molar refractivity (Wildman–Crippen MR) is 78.4 cm³/mol. The SMILES string of the molecule is Cn1c(N2CC(C(=O)N3CCCC3)C2)cc(=O)n(C)c1=O. The minimum absolute atomic E-state index is 0.0118. The summed E-state index contributed by atoms with van der Waals surface area (Å²) in [7, 11) is 3.11. The maximum atomic E-state index is 12.2. The summed E-state index contributed by atoms with van der Waals surface area (Å²) in [4.78, 5) is 39.7. The lowest BCUT2D eigenvalue weighted by atomic mass is 9.98. The van der Waals surface area contributed by atoms with Gasteiger partial charge in [-0.1, -0.05) is 0 Å². The molecule has 0 N–H and O–H groups in total. The number of anilines is 1.